The third-order valence-corrected chi connectivity index (χ3v) is 5.46. The van der Waals surface area contributed by atoms with Crippen LogP contribution in [0, 0.1) is 0 Å². The summed E-state index contributed by atoms with van der Waals surface area (Å²) in [7, 11) is -3.52. The fraction of sp³-hybridized carbons (Fsp3) is 0.133. The Morgan fingerprint density at radius 2 is 1.96 bits per heavy atom. The molecule has 3 rings (SSSR count). The highest BCUT2D eigenvalue weighted by Gasteiger charge is 2.14. The number of nitrogens with zero attached hydrogens (tertiary/aromatic N) is 1. The third-order valence-electron chi connectivity index (χ3n) is 2.96. The number of aromatic nitrogens is 1. The summed E-state index contributed by atoms with van der Waals surface area (Å²) in [5.41, 5.74) is 0.706. The summed E-state index contributed by atoms with van der Waals surface area (Å²) in [5.74, 6) is 0.482. The van der Waals surface area contributed by atoms with Crippen molar-refractivity contribution in [1.82, 2.24) is 4.98 Å². The van der Waals surface area contributed by atoms with Crippen LogP contribution in [0.5, 0.6) is 5.75 Å². The average Bonchev–Trinajstić information content (AvgIpc) is 2.88. The number of rotatable bonds is 6. The quantitative estimate of drug-likeness (QED) is 0.719. The fourth-order valence-electron chi connectivity index (χ4n) is 1.91. The second kappa shape index (κ2) is 6.74. The van der Waals surface area contributed by atoms with Gasteiger partial charge in [0.15, 0.2) is 5.13 Å². The molecule has 0 bridgehead atoms. The van der Waals surface area contributed by atoms with Gasteiger partial charge in [0.05, 0.1) is 10.2 Å². The number of fused-ring (bicyclic) bond motifs is 1. The molecule has 23 heavy (non-hydrogen) atoms. The standard InChI is InChI=1S/C15H13ClN2O3S2/c16-11-6-7-13-14(10-11)22-15(17-13)18-23(19,20)9-8-21-12-4-2-1-3-5-12/h1-7,10H,8-9H2,(H,17,18). The second-order valence-electron chi connectivity index (χ2n) is 4.71. The Labute approximate surface area is 142 Å². The van der Waals surface area contributed by atoms with Gasteiger partial charge in [-0.1, -0.05) is 41.1 Å². The van der Waals surface area contributed by atoms with Crippen LogP contribution in [0.4, 0.5) is 5.13 Å². The van der Waals surface area contributed by atoms with E-state index >= 15 is 0 Å². The summed E-state index contributed by atoms with van der Waals surface area (Å²) in [4.78, 5) is 4.23. The molecule has 1 aromatic heterocycles. The van der Waals surface area contributed by atoms with Gasteiger partial charge in [-0.2, -0.15) is 0 Å². The topological polar surface area (TPSA) is 68.3 Å². The van der Waals surface area contributed by atoms with E-state index in [0.717, 1.165) is 4.70 Å². The molecule has 5 nitrogen and oxygen atoms in total. The number of hydrogen-bond donors (Lipinski definition) is 1. The molecule has 0 aliphatic heterocycles. The van der Waals surface area contributed by atoms with Gasteiger partial charge >= 0.3 is 0 Å². The molecule has 1 heterocycles. The van der Waals surface area contributed by atoms with Crippen molar-refractivity contribution in [3.63, 3.8) is 0 Å². The minimum absolute atomic E-state index is 0.0655. The van der Waals surface area contributed by atoms with Gasteiger partial charge in [0.2, 0.25) is 10.0 Å². The highest BCUT2D eigenvalue weighted by atomic mass is 35.5. The molecule has 0 saturated heterocycles. The number of nitrogens with one attached hydrogen (secondary N) is 1. The first-order valence-corrected chi connectivity index (χ1v) is 9.61. The molecule has 0 saturated carbocycles. The van der Waals surface area contributed by atoms with Crippen molar-refractivity contribution in [2.45, 2.75) is 0 Å². The number of benzene rings is 2. The molecule has 0 spiro atoms. The van der Waals surface area contributed by atoms with Crippen LogP contribution in [0.3, 0.4) is 0 Å². The summed E-state index contributed by atoms with van der Waals surface area (Å²) in [6.45, 7) is 0.0655. The summed E-state index contributed by atoms with van der Waals surface area (Å²) >= 11 is 7.15. The summed E-state index contributed by atoms with van der Waals surface area (Å²) in [6, 6.07) is 14.3. The van der Waals surface area contributed by atoms with Crippen LogP contribution < -0.4 is 9.46 Å². The number of anilines is 1. The molecule has 2 aromatic carbocycles. The molecular formula is C15H13ClN2O3S2. The third kappa shape index (κ3) is 4.34. The molecule has 0 amide bonds. The average molecular weight is 369 g/mol. The molecule has 3 aromatic rings. The van der Waals surface area contributed by atoms with Crippen LogP contribution in [-0.4, -0.2) is 25.8 Å². The summed E-state index contributed by atoms with van der Waals surface area (Å²) in [5, 5.41) is 0.911. The number of halogens is 1. The van der Waals surface area contributed by atoms with Crippen molar-refractivity contribution < 1.29 is 13.2 Å². The Morgan fingerprint density at radius 3 is 2.74 bits per heavy atom. The van der Waals surface area contributed by atoms with Crippen LogP contribution in [0.15, 0.2) is 48.5 Å². The Kier molecular flexibility index (Phi) is 4.70. The Morgan fingerprint density at radius 1 is 1.17 bits per heavy atom. The van der Waals surface area contributed by atoms with Gasteiger partial charge in [-0.15, -0.1) is 0 Å². The smallest absolute Gasteiger partial charge is 0.237 e. The van der Waals surface area contributed by atoms with E-state index in [4.69, 9.17) is 16.3 Å². The highest BCUT2D eigenvalue weighted by Crippen LogP contribution is 2.28. The van der Waals surface area contributed by atoms with E-state index in [-0.39, 0.29) is 12.4 Å². The van der Waals surface area contributed by atoms with E-state index in [1.54, 1.807) is 30.3 Å². The second-order valence-corrected chi connectivity index (χ2v) is 8.02. The van der Waals surface area contributed by atoms with E-state index < -0.39 is 10.0 Å². The molecule has 120 valence electrons. The van der Waals surface area contributed by atoms with Crippen LogP contribution in [0.25, 0.3) is 10.2 Å². The SMILES string of the molecule is O=S(=O)(CCOc1ccccc1)Nc1nc2ccc(Cl)cc2s1. The molecule has 0 unspecified atom stereocenters. The van der Waals surface area contributed by atoms with Crippen molar-refractivity contribution in [3.05, 3.63) is 53.6 Å². The van der Waals surface area contributed by atoms with Gasteiger partial charge in [-0.3, -0.25) is 4.72 Å². The predicted molar refractivity (Wildman–Crippen MR) is 94.0 cm³/mol. The molecule has 0 aliphatic carbocycles. The first-order valence-electron chi connectivity index (χ1n) is 6.76. The zero-order valence-electron chi connectivity index (χ0n) is 11.9. The lowest BCUT2D eigenvalue weighted by atomic mass is 10.3. The zero-order chi connectivity index (χ0) is 16.3. The number of hydrogen-bond acceptors (Lipinski definition) is 5. The predicted octanol–water partition coefficient (Wildman–Crippen LogP) is 3.77. The van der Waals surface area contributed by atoms with E-state index in [1.165, 1.54) is 11.3 Å². The Hall–Kier alpha value is -1.83. The van der Waals surface area contributed by atoms with Crippen molar-refractivity contribution in [2.75, 3.05) is 17.1 Å². The van der Waals surface area contributed by atoms with E-state index in [0.29, 0.717) is 21.4 Å². The minimum atomic E-state index is -3.52. The molecule has 0 radical (unpaired) electrons. The van der Waals surface area contributed by atoms with Crippen molar-refractivity contribution in [1.29, 1.82) is 0 Å². The number of thiazole rings is 1. The van der Waals surface area contributed by atoms with Gasteiger partial charge in [0.25, 0.3) is 0 Å². The van der Waals surface area contributed by atoms with Gasteiger partial charge in [-0.05, 0) is 30.3 Å². The van der Waals surface area contributed by atoms with Crippen LogP contribution in [0.1, 0.15) is 0 Å². The van der Waals surface area contributed by atoms with Crippen LogP contribution in [0.2, 0.25) is 5.02 Å². The Bertz CT molecular complexity index is 911. The fourth-order valence-corrected chi connectivity index (χ4v) is 4.17. The first kappa shape index (κ1) is 16.0. The number of para-hydroxylation sites is 1. The molecule has 8 heteroatoms. The lowest BCUT2D eigenvalue weighted by Gasteiger charge is -2.07. The van der Waals surface area contributed by atoms with E-state index in [1.807, 2.05) is 18.2 Å². The molecule has 1 N–H and O–H groups in total. The Balaban J connectivity index is 1.63. The van der Waals surface area contributed by atoms with Crippen molar-refractivity contribution in [3.8, 4) is 5.75 Å². The van der Waals surface area contributed by atoms with Gasteiger partial charge in [0, 0.05) is 5.02 Å². The lowest BCUT2D eigenvalue weighted by Crippen LogP contribution is -2.21. The maximum atomic E-state index is 12.1. The van der Waals surface area contributed by atoms with Crippen molar-refractivity contribution in [2.24, 2.45) is 0 Å². The zero-order valence-corrected chi connectivity index (χ0v) is 14.3. The largest absolute Gasteiger partial charge is 0.492 e. The number of ether oxygens (including phenoxy) is 1. The van der Waals surface area contributed by atoms with Crippen LogP contribution in [-0.2, 0) is 10.0 Å². The number of sulfonamides is 1. The lowest BCUT2D eigenvalue weighted by molar-refractivity contribution is 0.341. The normalized spacial score (nSPS) is 11.5. The molecular weight excluding hydrogens is 356 g/mol. The summed E-state index contributed by atoms with van der Waals surface area (Å²) < 4.78 is 32.9. The van der Waals surface area contributed by atoms with Gasteiger partial charge in [0.1, 0.15) is 18.1 Å². The molecule has 0 fully saturated rings. The maximum absolute atomic E-state index is 12.1. The van der Waals surface area contributed by atoms with Gasteiger partial charge < -0.3 is 4.74 Å². The van der Waals surface area contributed by atoms with E-state index in [9.17, 15) is 8.42 Å². The molecule has 0 atom stereocenters. The molecule has 0 aliphatic rings. The first-order chi connectivity index (χ1) is 11.0. The minimum Gasteiger partial charge on any atom is -0.492 e. The maximum Gasteiger partial charge on any atom is 0.237 e. The highest BCUT2D eigenvalue weighted by molar-refractivity contribution is 7.92. The van der Waals surface area contributed by atoms with Crippen LogP contribution >= 0.6 is 22.9 Å². The summed E-state index contributed by atoms with van der Waals surface area (Å²) in [6.07, 6.45) is 0. The van der Waals surface area contributed by atoms with Crippen molar-refractivity contribution >= 4 is 48.3 Å². The van der Waals surface area contributed by atoms with E-state index in [2.05, 4.69) is 9.71 Å². The monoisotopic (exact) mass is 368 g/mol. The van der Waals surface area contributed by atoms with Gasteiger partial charge in [-0.25, -0.2) is 13.4 Å².